The number of nitrogens with zero attached hydrogens (tertiary/aromatic N) is 3. The summed E-state index contributed by atoms with van der Waals surface area (Å²) in [7, 11) is 0. The molecule has 6 nitrogen and oxygen atoms in total. The van der Waals surface area contributed by atoms with E-state index in [4.69, 9.17) is 0 Å². The van der Waals surface area contributed by atoms with Gasteiger partial charge in [-0.3, -0.25) is 14.5 Å². The number of halogens is 4. The van der Waals surface area contributed by atoms with Crippen LogP contribution in [0, 0.1) is 11.8 Å². The van der Waals surface area contributed by atoms with Crippen LogP contribution in [0.5, 0.6) is 0 Å². The fraction of sp³-hybridized carbons (Fsp3) is 0.296. The SMILES string of the molecule is O=C1C(N(C(=O)CNc2cccnc2F)c2cccc(F)c2)c2ccccc2N1C1CCC(F)(F)CC1. The molecule has 2 heterocycles. The van der Waals surface area contributed by atoms with Crippen molar-refractivity contribution in [2.24, 2.45) is 0 Å². The molecule has 0 spiro atoms. The lowest BCUT2D eigenvalue weighted by molar-refractivity contribution is -0.124. The second kappa shape index (κ2) is 9.84. The normalized spacial score (nSPS) is 19.0. The highest BCUT2D eigenvalue weighted by molar-refractivity contribution is 6.12. The molecular formula is C27H24F4N4O2. The van der Waals surface area contributed by atoms with Crippen LogP contribution in [-0.4, -0.2) is 35.3 Å². The number of anilines is 3. The number of pyridine rings is 1. The Morgan fingerprint density at radius 1 is 1.05 bits per heavy atom. The Hall–Kier alpha value is -3.95. The minimum absolute atomic E-state index is 0.00190. The highest BCUT2D eigenvalue weighted by Crippen LogP contribution is 2.45. The molecule has 1 unspecified atom stereocenters. The molecule has 10 heteroatoms. The molecular weight excluding hydrogens is 488 g/mol. The molecule has 1 N–H and O–H groups in total. The minimum atomic E-state index is -2.77. The van der Waals surface area contributed by atoms with Crippen molar-refractivity contribution in [1.29, 1.82) is 0 Å². The number of hydrogen-bond donors (Lipinski definition) is 1. The number of para-hydroxylation sites is 1. The van der Waals surface area contributed by atoms with Crippen LogP contribution in [-0.2, 0) is 9.59 Å². The maximum absolute atomic E-state index is 14.2. The van der Waals surface area contributed by atoms with Gasteiger partial charge in [-0.1, -0.05) is 24.3 Å². The van der Waals surface area contributed by atoms with Crippen molar-refractivity contribution in [3.05, 3.63) is 84.2 Å². The highest BCUT2D eigenvalue weighted by Gasteiger charge is 2.47. The third-order valence-corrected chi connectivity index (χ3v) is 6.82. The van der Waals surface area contributed by atoms with Crippen molar-refractivity contribution < 1.29 is 27.2 Å². The summed E-state index contributed by atoms with van der Waals surface area (Å²) in [5.41, 5.74) is 1.18. The second-order valence-electron chi connectivity index (χ2n) is 9.20. The van der Waals surface area contributed by atoms with Crippen molar-refractivity contribution >= 4 is 28.9 Å². The van der Waals surface area contributed by atoms with Gasteiger partial charge in [-0.25, -0.2) is 18.2 Å². The largest absolute Gasteiger partial charge is 0.372 e. The lowest BCUT2D eigenvalue weighted by atomic mass is 9.91. The van der Waals surface area contributed by atoms with Crippen LogP contribution >= 0.6 is 0 Å². The van der Waals surface area contributed by atoms with Gasteiger partial charge in [0.05, 0.1) is 12.2 Å². The number of amides is 2. The number of hydrogen-bond acceptors (Lipinski definition) is 4. The number of nitrogens with one attached hydrogen (secondary N) is 1. The van der Waals surface area contributed by atoms with Gasteiger partial charge in [0.15, 0.2) is 0 Å². The molecule has 1 aliphatic carbocycles. The third kappa shape index (κ3) is 4.87. The first-order valence-electron chi connectivity index (χ1n) is 12.0. The molecule has 2 aliphatic rings. The summed E-state index contributed by atoms with van der Waals surface area (Å²) in [5, 5.41) is 2.69. The predicted molar refractivity (Wildman–Crippen MR) is 130 cm³/mol. The number of rotatable bonds is 6. The van der Waals surface area contributed by atoms with E-state index in [-0.39, 0.29) is 37.1 Å². The van der Waals surface area contributed by atoms with E-state index in [1.165, 1.54) is 46.3 Å². The molecule has 0 bridgehead atoms. The monoisotopic (exact) mass is 512 g/mol. The highest BCUT2D eigenvalue weighted by atomic mass is 19.3. The molecule has 1 aromatic heterocycles. The van der Waals surface area contributed by atoms with Crippen molar-refractivity contribution in [3.63, 3.8) is 0 Å². The van der Waals surface area contributed by atoms with Gasteiger partial charge < -0.3 is 10.2 Å². The van der Waals surface area contributed by atoms with Crippen LogP contribution in [0.1, 0.15) is 37.3 Å². The van der Waals surface area contributed by atoms with Gasteiger partial charge in [0.2, 0.25) is 17.8 Å². The molecule has 37 heavy (non-hydrogen) atoms. The Bertz CT molecular complexity index is 1330. The van der Waals surface area contributed by atoms with Crippen LogP contribution in [0.25, 0.3) is 0 Å². The zero-order chi connectivity index (χ0) is 26.2. The molecule has 2 amide bonds. The first-order chi connectivity index (χ1) is 17.7. The fourth-order valence-corrected chi connectivity index (χ4v) is 5.07. The van der Waals surface area contributed by atoms with Crippen LogP contribution in [0.3, 0.4) is 0 Å². The number of alkyl halides is 2. The first kappa shape index (κ1) is 24.7. The van der Waals surface area contributed by atoms with Gasteiger partial charge in [0.1, 0.15) is 11.9 Å². The molecule has 3 aromatic rings. The Morgan fingerprint density at radius 3 is 2.54 bits per heavy atom. The van der Waals surface area contributed by atoms with Gasteiger partial charge in [0, 0.05) is 42.0 Å². The van der Waals surface area contributed by atoms with Crippen molar-refractivity contribution in [1.82, 2.24) is 4.98 Å². The summed E-state index contributed by atoms with van der Waals surface area (Å²) < 4.78 is 56.0. The van der Waals surface area contributed by atoms with Crippen LogP contribution in [0.4, 0.5) is 34.6 Å². The number of aromatic nitrogens is 1. The Kier molecular flexibility index (Phi) is 6.57. The quantitative estimate of drug-likeness (QED) is 0.351. The van der Waals surface area contributed by atoms with Gasteiger partial charge in [0.25, 0.3) is 5.91 Å². The van der Waals surface area contributed by atoms with E-state index in [2.05, 4.69) is 10.3 Å². The molecule has 1 fully saturated rings. The molecule has 1 atom stereocenters. The van der Waals surface area contributed by atoms with E-state index >= 15 is 0 Å². The van der Waals surface area contributed by atoms with Crippen molar-refractivity contribution in [2.75, 3.05) is 21.7 Å². The topological polar surface area (TPSA) is 65.5 Å². The molecule has 2 aromatic carbocycles. The first-order valence-corrected chi connectivity index (χ1v) is 12.0. The Morgan fingerprint density at radius 2 is 1.81 bits per heavy atom. The van der Waals surface area contributed by atoms with Crippen molar-refractivity contribution in [3.8, 4) is 0 Å². The maximum atomic E-state index is 14.2. The standard InChI is InChI=1S/C27H24F4N4O2/c28-17-5-3-6-19(15-17)35(23(36)16-33-21-8-4-14-32-25(21)29)24-20-7-1-2-9-22(20)34(26(24)37)18-10-12-27(30,31)13-11-18/h1-9,14-15,18,24,33H,10-13,16H2. The fourth-order valence-electron chi connectivity index (χ4n) is 5.07. The number of benzene rings is 2. The zero-order valence-corrected chi connectivity index (χ0v) is 19.7. The average Bonchev–Trinajstić information content (AvgIpc) is 3.16. The van der Waals surface area contributed by atoms with Gasteiger partial charge in [-0.05, 0) is 49.2 Å². The van der Waals surface area contributed by atoms with Crippen LogP contribution in [0.2, 0.25) is 0 Å². The van der Waals surface area contributed by atoms with E-state index in [0.29, 0.717) is 11.3 Å². The third-order valence-electron chi connectivity index (χ3n) is 6.82. The lowest BCUT2D eigenvalue weighted by Crippen LogP contribution is -2.47. The maximum Gasteiger partial charge on any atom is 0.255 e. The van der Waals surface area contributed by atoms with Crippen molar-refractivity contribution in [2.45, 2.75) is 43.7 Å². The number of carbonyl (C=O) groups excluding carboxylic acids is 2. The van der Waals surface area contributed by atoms with Crippen LogP contribution in [0.15, 0.2) is 66.9 Å². The smallest absolute Gasteiger partial charge is 0.255 e. The summed E-state index contributed by atoms with van der Waals surface area (Å²) in [6, 6.07) is 13.5. The summed E-state index contributed by atoms with van der Waals surface area (Å²) in [5.74, 6) is -5.24. The molecule has 1 saturated carbocycles. The van der Waals surface area contributed by atoms with E-state index in [9.17, 15) is 27.2 Å². The average molecular weight is 513 g/mol. The Balaban J connectivity index is 1.51. The summed E-state index contributed by atoms with van der Waals surface area (Å²) >= 11 is 0. The number of carbonyl (C=O) groups is 2. The molecule has 192 valence electrons. The summed E-state index contributed by atoms with van der Waals surface area (Å²) in [6.07, 6.45) is 0.846. The van der Waals surface area contributed by atoms with Gasteiger partial charge in [-0.15, -0.1) is 0 Å². The number of fused-ring (bicyclic) bond motifs is 1. The van der Waals surface area contributed by atoms with Gasteiger partial charge >= 0.3 is 0 Å². The minimum Gasteiger partial charge on any atom is -0.372 e. The summed E-state index contributed by atoms with van der Waals surface area (Å²) in [4.78, 5) is 33.7. The molecule has 1 aliphatic heterocycles. The Labute approximate surface area is 210 Å². The van der Waals surface area contributed by atoms with Gasteiger partial charge in [-0.2, -0.15) is 4.39 Å². The van der Waals surface area contributed by atoms with E-state index in [0.717, 1.165) is 6.07 Å². The summed E-state index contributed by atoms with van der Waals surface area (Å²) in [6.45, 7) is -0.402. The zero-order valence-electron chi connectivity index (χ0n) is 19.7. The molecule has 5 rings (SSSR count). The van der Waals surface area contributed by atoms with E-state index in [1.54, 1.807) is 24.3 Å². The predicted octanol–water partition coefficient (Wildman–Crippen LogP) is 5.47. The molecule has 0 radical (unpaired) electrons. The van der Waals surface area contributed by atoms with E-state index in [1.807, 2.05) is 0 Å². The second-order valence-corrected chi connectivity index (χ2v) is 9.20. The van der Waals surface area contributed by atoms with E-state index < -0.39 is 48.1 Å². The lowest BCUT2D eigenvalue weighted by Gasteiger charge is -2.35. The molecule has 0 saturated heterocycles. The van der Waals surface area contributed by atoms with Crippen LogP contribution < -0.4 is 15.1 Å².